The third-order valence-electron chi connectivity index (χ3n) is 3.41. The van der Waals surface area contributed by atoms with Gasteiger partial charge in [0, 0.05) is 23.7 Å². The van der Waals surface area contributed by atoms with Crippen LogP contribution in [0.1, 0.15) is 18.4 Å². The zero-order valence-corrected chi connectivity index (χ0v) is 11.1. The number of amides is 1. The van der Waals surface area contributed by atoms with Crippen LogP contribution in [-0.2, 0) is 11.3 Å². The quantitative estimate of drug-likeness (QED) is 0.854. The molecular weight excluding hydrogens is 252 g/mol. The minimum Gasteiger partial charge on any atom is -0.496 e. The molecule has 1 saturated carbocycles. The minimum absolute atomic E-state index is 0.0204. The van der Waals surface area contributed by atoms with E-state index >= 15 is 0 Å². The number of methoxy groups -OCH3 is 1. The molecule has 1 fully saturated rings. The molecule has 1 aromatic carbocycles. The molecular formula is C13H17ClN2O2. The third-order valence-corrected chi connectivity index (χ3v) is 3.64. The molecule has 18 heavy (non-hydrogen) atoms. The van der Waals surface area contributed by atoms with E-state index in [2.05, 4.69) is 5.32 Å². The van der Waals surface area contributed by atoms with Gasteiger partial charge in [-0.05, 0) is 31.0 Å². The Morgan fingerprint density at radius 2 is 2.28 bits per heavy atom. The van der Waals surface area contributed by atoms with Crippen LogP contribution in [0, 0.1) is 5.41 Å². The van der Waals surface area contributed by atoms with E-state index in [1.165, 1.54) is 0 Å². The lowest BCUT2D eigenvalue weighted by molar-refractivity contribution is -0.126. The number of nitrogens with one attached hydrogen (secondary N) is 1. The van der Waals surface area contributed by atoms with Gasteiger partial charge in [0.25, 0.3) is 0 Å². The maximum absolute atomic E-state index is 12.0. The summed E-state index contributed by atoms with van der Waals surface area (Å²) in [5.74, 6) is 0.740. The van der Waals surface area contributed by atoms with Gasteiger partial charge in [0.15, 0.2) is 0 Å². The molecule has 0 atom stereocenters. The molecule has 98 valence electrons. The SMILES string of the molecule is COc1ccc(Cl)cc1CNC(=O)C1(CN)CC1. The standard InChI is InChI=1S/C13H17ClN2O2/c1-18-11-3-2-10(14)6-9(11)7-16-12(17)13(8-15)4-5-13/h2-3,6H,4-5,7-8,15H2,1H3,(H,16,17). The first-order valence-electron chi connectivity index (χ1n) is 5.92. The highest BCUT2D eigenvalue weighted by Crippen LogP contribution is 2.44. The lowest BCUT2D eigenvalue weighted by Gasteiger charge is -2.14. The van der Waals surface area contributed by atoms with Crippen LogP contribution in [0.2, 0.25) is 5.02 Å². The summed E-state index contributed by atoms with van der Waals surface area (Å²) in [4.78, 5) is 12.0. The van der Waals surface area contributed by atoms with Gasteiger partial charge >= 0.3 is 0 Å². The van der Waals surface area contributed by atoms with E-state index in [1.54, 1.807) is 25.3 Å². The summed E-state index contributed by atoms with van der Waals surface area (Å²) in [7, 11) is 1.59. The van der Waals surface area contributed by atoms with Crippen molar-refractivity contribution >= 4 is 17.5 Å². The fraction of sp³-hybridized carbons (Fsp3) is 0.462. The summed E-state index contributed by atoms with van der Waals surface area (Å²) in [6.45, 7) is 0.815. The normalized spacial score (nSPS) is 16.2. The fourth-order valence-corrected chi connectivity index (χ4v) is 2.12. The molecule has 1 aliphatic rings. The summed E-state index contributed by atoms with van der Waals surface area (Å²) >= 11 is 5.93. The number of rotatable bonds is 5. The Hall–Kier alpha value is -1.26. The van der Waals surface area contributed by atoms with Crippen LogP contribution in [0.5, 0.6) is 5.75 Å². The van der Waals surface area contributed by atoms with E-state index in [4.69, 9.17) is 22.1 Å². The van der Waals surface area contributed by atoms with Gasteiger partial charge < -0.3 is 15.8 Å². The predicted molar refractivity (Wildman–Crippen MR) is 70.6 cm³/mol. The van der Waals surface area contributed by atoms with E-state index in [1.807, 2.05) is 0 Å². The van der Waals surface area contributed by atoms with Gasteiger partial charge in [-0.2, -0.15) is 0 Å². The van der Waals surface area contributed by atoms with Crippen molar-refractivity contribution in [3.8, 4) is 5.75 Å². The van der Waals surface area contributed by atoms with Gasteiger partial charge in [-0.15, -0.1) is 0 Å². The average molecular weight is 269 g/mol. The largest absolute Gasteiger partial charge is 0.496 e. The first-order valence-corrected chi connectivity index (χ1v) is 6.30. The number of hydrogen-bond donors (Lipinski definition) is 2. The molecule has 4 nitrogen and oxygen atoms in total. The number of nitrogens with two attached hydrogens (primary N) is 1. The van der Waals surface area contributed by atoms with Crippen LogP contribution in [0.25, 0.3) is 0 Å². The van der Waals surface area contributed by atoms with Crippen molar-refractivity contribution in [1.82, 2.24) is 5.32 Å². The van der Waals surface area contributed by atoms with Gasteiger partial charge in [-0.3, -0.25) is 4.79 Å². The van der Waals surface area contributed by atoms with E-state index in [0.29, 0.717) is 18.1 Å². The topological polar surface area (TPSA) is 64.3 Å². The Balaban J connectivity index is 2.02. The molecule has 0 aromatic heterocycles. The smallest absolute Gasteiger partial charge is 0.227 e. The second kappa shape index (κ2) is 5.16. The van der Waals surface area contributed by atoms with E-state index in [9.17, 15) is 4.79 Å². The molecule has 0 radical (unpaired) electrons. The van der Waals surface area contributed by atoms with Gasteiger partial charge in [0.2, 0.25) is 5.91 Å². The fourth-order valence-electron chi connectivity index (χ4n) is 1.92. The lowest BCUT2D eigenvalue weighted by Crippen LogP contribution is -2.36. The van der Waals surface area contributed by atoms with Crippen molar-refractivity contribution in [2.45, 2.75) is 19.4 Å². The molecule has 0 saturated heterocycles. The van der Waals surface area contributed by atoms with Gasteiger partial charge in [-0.25, -0.2) is 0 Å². The number of carbonyl (C=O) groups excluding carboxylic acids is 1. The zero-order chi connectivity index (χ0) is 13.2. The molecule has 0 bridgehead atoms. The molecule has 0 aliphatic heterocycles. The van der Waals surface area contributed by atoms with Gasteiger partial charge in [0.1, 0.15) is 5.75 Å². The van der Waals surface area contributed by atoms with E-state index < -0.39 is 0 Å². The number of carbonyl (C=O) groups is 1. The highest BCUT2D eigenvalue weighted by molar-refractivity contribution is 6.30. The van der Waals surface area contributed by atoms with Crippen molar-refractivity contribution < 1.29 is 9.53 Å². The number of hydrogen-bond acceptors (Lipinski definition) is 3. The van der Waals surface area contributed by atoms with Gasteiger partial charge in [-0.1, -0.05) is 11.6 Å². The molecule has 1 amide bonds. The van der Waals surface area contributed by atoms with Crippen molar-refractivity contribution in [3.63, 3.8) is 0 Å². The van der Waals surface area contributed by atoms with Crippen molar-refractivity contribution in [2.24, 2.45) is 11.1 Å². The Labute approximate surface area is 111 Å². The Morgan fingerprint density at radius 3 is 2.83 bits per heavy atom. The first kappa shape index (κ1) is 13.2. The summed E-state index contributed by atoms with van der Waals surface area (Å²) in [5, 5.41) is 3.52. The molecule has 3 N–H and O–H groups in total. The minimum atomic E-state index is -0.328. The van der Waals surface area contributed by atoms with Crippen molar-refractivity contribution in [3.05, 3.63) is 28.8 Å². The zero-order valence-electron chi connectivity index (χ0n) is 10.3. The predicted octanol–water partition coefficient (Wildman–Crippen LogP) is 1.70. The average Bonchev–Trinajstić information content (AvgIpc) is 3.17. The molecule has 0 unspecified atom stereocenters. The Kier molecular flexibility index (Phi) is 3.78. The summed E-state index contributed by atoms with van der Waals surface area (Å²) in [5.41, 5.74) is 6.15. The monoisotopic (exact) mass is 268 g/mol. The second-order valence-corrected chi connectivity index (χ2v) is 5.06. The van der Waals surface area contributed by atoms with Crippen molar-refractivity contribution in [2.75, 3.05) is 13.7 Å². The van der Waals surface area contributed by atoms with Gasteiger partial charge in [0.05, 0.1) is 12.5 Å². The van der Waals surface area contributed by atoms with Crippen LogP contribution in [0.4, 0.5) is 0 Å². The molecule has 0 heterocycles. The first-order chi connectivity index (χ1) is 8.61. The molecule has 0 spiro atoms. The summed E-state index contributed by atoms with van der Waals surface area (Å²) < 4.78 is 5.23. The number of ether oxygens (including phenoxy) is 1. The maximum Gasteiger partial charge on any atom is 0.227 e. The van der Waals surface area contributed by atoms with E-state index in [0.717, 1.165) is 24.2 Å². The van der Waals surface area contributed by atoms with Crippen molar-refractivity contribution in [1.29, 1.82) is 0 Å². The molecule has 2 rings (SSSR count). The van der Waals surface area contributed by atoms with Crippen LogP contribution in [0.3, 0.4) is 0 Å². The Morgan fingerprint density at radius 1 is 1.56 bits per heavy atom. The van der Waals surface area contributed by atoms with Crippen LogP contribution in [0.15, 0.2) is 18.2 Å². The lowest BCUT2D eigenvalue weighted by atomic mass is 10.1. The molecule has 1 aromatic rings. The summed E-state index contributed by atoms with van der Waals surface area (Å²) in [6.07, 6.45) is 1.75. The third kappa shape index (κ3) is 2.60. The Bertz CT molecular complexity index is 458. The molecule has 5 heteroatoms. The highest BCUT2D eigenvalue weighted by Gasteiger charge is 2.48. The molecule has 1 aliphatic carbocycles. The number of halogens is 1. The van der Waals surface area contributed by atoms with Crippen LogP contribution >= 0.6 is 11.6 Å². The second-order valence-electron chi connectivity index (χ2n) is 4.62. The van der Waals surface area contributed by atoms with Crippen LogP contribution in [-0.4, -0.2) is 19.6 Å². The maximum atomic E-state index is 12.0. The number of benzene rings is 1. The van der Waals surface area contributed by atoms with Crippen LogP contribution < -0.4 is 15.8 Å². The highest BCUT2D eigenvalue weighted by atomic mass is 35.5. The van der Waals surface area contributed by atoms with E-state index in [-0.39, 0.29) is 11.3 Å². The summed E-state index contributed by atoms with van der Waals surface area (Å²) in [6, 6.07) is 5.34.